The summed E-state index contributed by atoms with van der Waals surface area (Å²) >= 11 is 1.51. The van der Waals surface area contributed by atoms with Crippen LogP contribution in [0.1, 0.15) is 28.8 Å². The van der Waals surface area contributed by atoms with Crippen molar-refractivity contribution < 1.29 is 9.53 Å². The molecule has 33 heavy (non-hydrogen) atoms. The van der Waals surface area contributed by atoms with Crippen LogP contribution in [0.25, 0.3) is 16.1 Å². The number of nitrogens with zero attached hydrogens (tertiary/aromatic N) is 5. The summed E-state index contributed by atoms with van der Waals surface area (Å²) in [7, 11) is 1.53. The number of rotatable bonds is 7. The molecule has 0 amide bonds. The molecule has 10 nitrogen and oxygen atoms in total. The van der Waals surface area contributed by atoms with Crippen molar-refractivity contribution in [2.75, 3.05) is 7.11 Å². The van der Waals surface area contributed by atoms with Gasteiger partial charge in [0.2, 0.25) is 0 Å². The Morgan fingerprint density at radius 3 is 2.82 bits per heavy atom. The lowest BCUT2D eigenvalue weighted by atomic mass is 10.1. The summed E-state index contributed by atoms with van der Waals surface area (Å²) in [6, 6.07) is 6.83. The molecular formula is C22H20N6O4S. The summed E-state index contributed by atoms with van der Waals surface area (Å²) in [6.45, 7) is 2.00. The average molecular weight is 465 g/mol. The molecule has 0 fully saturated rings. The zero-order valence-electron chi connectivity index (χ0n) is 17.9. The standard InChI is InChI=1S/C22H20N6O4S/c1-3-27-19-18(20(30)25-21(27)31)28(12-16(29)13-5-4-6-15(9-13)32-2)17(24-19)10-14-11-26-7-8-33-22(26)23-14/h4-9,11H,3,10,12H2,1-2H3,(H,25,30,31). The molecule has 11 heteroatoms. The summed E-state index contributed by atoms with van der Waals surface area (Å²) in [5, 5.41) is 1.94. The van der Waals surface area contributed by atoms with Crippen molar-refractivity contribution in [1.29, 1.82) is 0 Å². The lowest BCUT2D eigenvalue weighted by Gasteiger charge is -2.09. The van der Waals surface area contributed by atoms with Crippen LogP contribution in [-0.2, 0) is 19.5 Å². The molecule has 0 aliphatic rings. The first-order chi connectivity index (χ1) is 16.0. The highest BCUT2D eigenvalue weighted by Gasteiger charge is 2.21. The van der Waals surface area contributed by atoms with Crippen molar-refractivity contribution in [2.24, 2.45) is 0 Å². The molecule has 168 valence electrons. The van der Waals surface area contributed by atoms with E-state index < -0.39 is 11.2 Å². The van der Waals surface area contributed by atoms with Crippen molar-refractivity contribution in [3.8, 4) is 5.75 Å². The number of hydrogen-bond donors (Lipinski definition) is 1. The van der Waals surface area contributed by atoms with Crippen LogP contribution in [0.5, 0.6) is 5.75 Å². The summed E-state index contributed by atoms with van der Waals surface area (Å²) in [5.41, 5.74) is 0.513. The second-order valence-corrected chi connectivity index (χ2v) is 8.32. The normalized spacial score (nSPS) is 11.5. The highest BCUT2D eigenvalue weighted by Crippen LogP contribution is 2.19. The van der Waals surface area contributed by atoms with E-state index in [1.807, 2.05) is 22.2 Å². The van der Waals surface area contributed by atoms with Crippen LogP contribution in [-0.4, -0.2) is 41.4 Å². The van der Waals surface area contributed by atoms with Crippen molar-refractivity contribution in [3.05, 3.63) is 80.0 Å². The number of hydrogen-bond acceptors (Lipinski definition) is 7. The third-order valence-electron chi connectivity index (χ3n) is 5.46. The number of carbonyl (C=O) groups excluding carboxylic acids is 1. The minimum Gasteiger partial charge on any atom is -0.497 e. The number of benzene rings is 1. The fraction of sp³-hybridized carbons (Fsp3) is 0.227. The van der Waals surface area contributed by atoms with Crippen LogP contribution in [0.2, 0.25) is 0 Å². The Bertz CT molecular complexity index is 1590. The van der Waals surface area contributed by atoms with Gasteiger partial charge in [-0.25, -0.2) is 14.8 Å². The van der Waals surface area contributed by atoms with Crippen molar-refractivity contribution in [1.82, 2.24) is 28.5 Å². The molecule has 5 rings (SSSR count). The molecule has 0 unspecified atom stereocenters. The highest BCUT2D eigenvalue weighted by atomic mass is 32.1. The first-order valence-corrected chi connectivity index (χ1v) is 11.2. The number of carbonyl (C=O) groups is 1. The van der Waals surface area contributed by atoms with Gasteiger partial charge >= 0.3 is 5.69 Å². The molecule has 0 saturated carbocycles. The van der Waals surface area contributed by atoms with Gasteiger partial charge in [-0.2, -0.15) is 0 Å². The quantitative estimate of drug-likeness (QED) is 0.369. The number of methoxy groups -OCH3 is 1. The number of H-pyrrole nitrogens is 1. The van der Waals surface area contributed by atoms with E-state index in [1.165, 1.54) is 23.0 Å². The number of aromatic nitrogens is 6. The van der Waals surface area contributed by atoms with E-state index in [-0.39, 0.29) is 23.5 Å². The van der Waals surface area contributed by atoms with Crippen LogP contribution in [0, 0.1) is 0 Å². The molecular weight excluding hydrogens is 444 g/mol. The second kappa shape index (κ2) is 8.17. The van der Waals surface area contributed by atoms with Gasteiger partial charge in [0.05, 0.1) is 19.3 Å². The Morgan fingerprint density at radius 1 is 1.21 bits per heavy atom. The van der Waals surface area contributed by atoms with Gasteiger partial charge in [0.25, 0.3) is 5.56 Å². The van der Waals surface area contributed by atoms with E-state index in [2.05, 4.69) is 15.0 Å². The minimum atomic E-state index is -0.581. The Kier molecular flexibility index (Phi) is 5.17. The maximum Gasteiger partial charge on any atom is 0.330 e. The van der Waals surface area contributed by atoms with Crippen LogP contribution in [0.3, 0.4) is 0 Å². The number of nitrogens with one attached hydrogen (secondary N) is 1. The minimum absolute atomic E-state index is 0.119. The first kappa shape index (κ1) is 20.9. The number of Topliss-reactive ketones (excluding diaryl/α,β-unsaturated/α-hetero) is 1. The van der Waals surface area contributed by atoms with Crippen LogP contribution >= 0.6 is 11.3 Å². The Hall–Kier alpha value is -3.99. The van der Waals surface area contributed by atoms with E-state index in [9.17, 15) is 14.4 Å². The van der Waals surface area contributed by atoms with Crippen LogP contribution in [0.4, 0.5) is 0 Å². The molecule has 1 aromatic carbocycles. The van der Waals surface area contributed by atoms with Gasteiger partial charge < -0.3 is 9.30 Å². The average Bonchev–Trinajstić information content (AvgIpc) is 3.48. The van der Waals surface area contributed by atoms with Crippen molar-refractivity contribution in [2.45, 2.75) is 26.4 Å². The molecule has 4 heterocycles. The fourth-order valence-corrected chi connectivity index (χ4v) is 4.59. The smallest absolute Gasteiger partial charge is 0.330 e. The molecule has 0 radical (unpaired) electrons. The molecule has 0 aliphatic carbocycles. The van der Waals surface area contributed by atoms with Gasteiger partial charge in [0, 0.05) is 36.3 Å². The molecule has 0 atom stereocenters. The summed E-state index contributed by atoms with van der Waals surface area (Å²) in [4.78, 5) is 50.7. The van der Waals surface area contributed by atoms with E-state index >= 15 is 0 Å². The third kappa shape index (κ3) is 3.65. The Balaban J connectivity index is 1.64. The van der Waals surface area contributed by atoms with Gasteiger partial charge in [-0.05, 0) is 19.1 Å². The van der Waals surface area contributed by atoms with E-state index in [0.29, 0.717) is 30.1 Å². The number of aryl methyl sites for hydroxylation is 1. The Labute approximate surface area is 190 Å². The van der Waals surface area contributed by atoms with Crippen LogP contribution < -0.4 is 16.0 Å². The van der Waals surface area contributed by atoms with Gasteiger partial charge in [0.1, 0.15) is 11.6 Å². The number of ketones is 1. The molecule has 5 aromatic rings. The maximum absolute atomic E-state index is 13.2. The largest absolute Gasteiger partial charge is 0.497 e. The summed E-state index contributed by atoms with van der Waals surface area (Å²) < 4.78 is 10.1. The van der Waals surface area contributed by atoms with Crippen molar-refractivity contribution >= 4 is 33.2 Å². The predicted molar refractivity (Wildman–Crippen MR) is 123 cm³/mol. The number of fused-ring (bicyclic) bond motifs is 2. The van der Waals surface area contributed by atoms with E-state index in [1.54, 1.807) is 35.8 Å². The lowest BCUT2D eigenvalue weighted by molar-refractivity contribution is 0.0972. The molecule has 4 aromatic heterocycles. The van der Waals surface area contributed by atoms with Crippen LogP contribution in [0.15, 0.2) is 51.6 Å². The first-order valence-electron chi connectivity index (χ1n) is 10.3. The molecule has 0 aliphatic heterocycles. The number of ether oxygens (including phenoxy) is 1. The zero-order chi connectivity index (χ0) is 23.1. The summed E-state index contributed by atoms with van der Waals surface area (Å²) in [5.74, 6) is 0.825. The van der Waals surface area contributed by atoms with E-state index in [4.69, 9.17) is 4.74 Å². The second-order valence-electron chi connectivity index (χ2n) is 7.45. The molecule has 1 N–H and O–H groups in total. The summed E-state index contributed by atoms with van der Waals surface area (Å²) in [6.07, 6.45) is 4.09. The molecule has 0 bridgehead atoms. The molecule has 0 spiro atoms. The molecule has 0 saturated heterocycles. The fourth-order valence-electron chi connectivity index (χ4n) is 3.87. The number of aromatic amines is 1. The predicted octanol–water partition coefficient (Wildman–Crippen LogP) is 2.10. The number of imidazole rings is 2. The lowest BCUT2D eigenvalue weighted by Crippen LogP contribution is -2.31. The maximum atomic E-state index is 13.2. The zero-order valence-corrected chi connectivity index (χ0v) is 18.8. The Morgan fingerprint density at radius 2 is 2.06 bits per heavy atom. The van der Waals surface area contributed by atoms with Gasteiger partial charge in [-0.3, -0.25) is 23.5 Å². The topological polar surface area (TPSA) is 116 Å². The van der Waals surface area contributed by atoms with Gasteiger partial charge in [-0.15, -0.1) is 11.3 Å². The van der Waals surface area contributed by atoms with Crippen molar-refractivity contribution in [3.63, 3.8) is 0 Å². The number of thiazole rings is 1. The highest BCUT2D eigenvalue weighted by molar-refractivity contribution is 7.15. The monoisotopic (exact) mass is 464 g/mol. The van der Waals surface area contributed by atoms with Gasteiger partial charge in [0.15, 0.2) is 21.9 Å². The van der Waals surface area contributed by atoms with E-state index in [0.717, 1.165) is 10.7 Å². The SMILES string of the molecule is CCn1c(=O)[nH]c(=O)c2c1nc(Cc1cn3ccsc3n1)n2CC(=O)c1cccc(OC)c1. The van der Waals surface area contributed by atoms with Gasteiger partial charge in [-0.1, -0.05) is 12.1 Å². The third-order valence-corrected chi connectivity index (χ3v) is 6.23.